The largest absolute Gasteiger partial charge is 0.475 e. The Kier molecular flexibility index (Phi) is 4.90. The lowest BCUT2D eigenvalue weighted by Gasteiger charge is -2.10. The second-order valence-corrected chi connectivity index (χ2v) is 6.10. The van der Waals surface area contributed by atoms with E-state index in [1.165, 1.54) is 6.92 Å². The molecule has 0 spiro atoms. The lowest BCUT2D eigenvalue weighted by molar-refractivity contribution is -0.146. The van der Waals surface area contributed by atoms with Crippen molar-refractivity contribution in [2.24, 2.45) is 10.9 Å². The average molecular weight is 405 g/mol. The molecule has 0 aromatic carbocycles. The van der Waals surface area contributed by atoms with E-state index in [9.17, 15) is 26.3 Å². The van der Waals surface area contributed by atoms with Gasteiger partial charge in [0.15, 0.2) is 5.82 Å². The van der Waals surface area contributed by atoms with Crippen LogP contribution < -0.4 is 4.74 Å². The molecule has 1 aliphatic carbocycles. The number of halogens is 6. The third kappa shape index (κ3) is 3.99. The molecule has 6 nitrogen and oxygen atoms in total. The summed E-state index contributed by atoms with van der Waals surface area (Å²) in [5.74, 6) is -6.64. The SMILES string of the molecule is C=N/C(=C\n1c(C)nnc1C(F)(F)F)c1cnc(OCC2CC2(F)F)c(F)c1. The van der Waals surface area contributed by atoms with Crippen LogP contribution in [-0.2, 0) is 6.18 Å². The van der Waals surface area contributed by atoms with E-state index in [-0.39, 0.29) is 23.5 Å². The van der Waals surface area contributed by atoms with E-state index in [0.717, 1.165) is 18.5 Å². The van der Waals surface area contributed by atoms with E-state index in [2.05, 4.69) is 26.9 Å². The smallest absolute Gasteiger partial charge is 0.452 e. The Morgan fingerprint density at radius 1 is 1.43 bits per heavy atom. The van der Waals surface area contributed by atoms with E-state index in [4.69, 9.17) is 4.74 Å². The lowest BCUT2D eigenvalue weighted by Crippen LogP contribution is -2.13. The van der Waals surface area contributed by atoms with Gasteiger partial charge in [0.2, 0.25) is 11.7 Å². The summed E-state index contributed by atoms with van der Waals surface area (Å²) >= 11 is 0. The van der Waals surface area contributed by atoms with Crippen LogP contribution in [0.2, 0.25) is 0 Å². The van der Waals surface area contributed by atoms with Crippen molar-refractivity contribution in [1.29, 1.82) is 0 Å². The molecular formula is C16H13F6N5O. The molecule has 0 bridgehead atoms. The molecule has 2 aromatic rings. The Morgan fingerprint density at radius 3 is 2.64 bits per heavy atom. The number of rotatable bonds is 6. The van der Waals surface area contributed by atoms with Gasteiger partial charge in [-0.15, -0.1) is 10.2 Å². The van der Waals surface area contributed by atoms with E-state index in [1.807, 2.05) is 0 Å². The first-order chi connectivity index (χ1) is 13.0. The molecule has 1 saturated carbocycles. The quantitative estimate of drug-likeness (QED) is 0.541. The van der Waals surface area contributed by atoms with Gasteiger partial charge in [-0.2, -0.15) is 13.2 Å². The van der Waals surface area contributed by atoms with Crippen LogP contribution in [0, 0.1) is 18.7 Å². The summed E-state index contributed by atoms with van der Waals surface area (Å²) in [6.45, 7) is 4.16. The maximum Gasteiger partial charge on any atom is 0.452 e. The number of ether oxygens (including phenoxy) is 1. The van der Waals surface area contributed by atoms with Crippen molar-refractivity contribution in [3.63, 3.8) is 0 Å². The second-order valence-electron chi connectivity index (χ2n) is 6.10. The molecule has 150 valence electrons. The topological polar surface area (TPSA) is 65.2 Å². The molecule has 1 atom stereocenters. The Hall–Kier alpha value is -2.92. The van der Waals surface area contributed by atoms with Gasteiger partial charge in [0.1, 0.15) is 5.82 Å². The standard InChI is InChI=1S/C16H13F6N5O/c1-8-25-26-14(16(20,21)22)27(8)6-12(23-2)9-3-11(17)13(24-5-9)28-7-10-4-15(10,18)19/h3,5-6,10H,2,4,7H2,1H3/b12-6-. The first-order valence-electron chi connectivity index (χ1n) is 7.86. The highest BCUT2D eigenvalue weighted by atomic mass is 19.4. The van der Waals surface area contributed by atoms with Crippen LogP contribution in [0.5, 0.6) is 5.88 Å². The van der Waals surface area contributed by atoms with Crippen molar-refractivity contribution >= 4 is 18.6 Å². The van der Waals surface area contributed by atoms with Crippen molar-refractivity contribution in [3.8, 4) is 5.88 Å². The summed E-state index contributed by atoms with van der Waals surface area (Å²) in [6, 6.07) is 0.904. The number of alkyl halides is 5. The van der Waals surface area contributed by atoms with E-state index in [0.29, 0.717) is 4.57 Å². The fourth-order valence-corrected chi connectivity index (χ4v) is 2.35. The number of aliphatic imine (C=N–C) groups is 1. The number of nitrogens with zero attached hydrogens (tertiary/aromatic N) is 5. The van der Waals surface area contributed by atoms with Gasteiger partial charge >= 0.3 is 6.18 Å². The number of aryl methyl sites for hydroxylation is 1. The third-order valence-electron chi connectivity index (χ3n) is 4.02. The van der Waals surface area contributed by atoms with Crippen molar-refractivity contribution < 1.29 is 31.1 Å². The van der Waals surface area contributed by atoms with Crippen LogP contribution in [0.1, 0.15) is 23.6 Å². The molecule has 3 rings (SSSR count). The Morgan fingerprint density at radius 2 is 2.11 bits per heavy atom. The van der Waals surface area contributed by atoms with Gasteiger partial charge in [0.25, 0.3) is 5.92 Å². The van der Waals surface area contributed by atoms with Crippen LogP contribution in [0.3, 0.4) is 0 Å². The van der Waals surface area contributed by atoms with Gasteiger partial charge in [-0.1, -0.05) is 0 Å². The zero-order valence-electron chi connectivity index (χ0n) is 14.3. The monoisotopic (exact) mass is 405 g/mol. The molecule has 1 unspecified atom stereocenters. The van der Waals surface area contributed by atoms with E-state index in [1.54, 1.807) is 0 Å². The van der Waals surface area contributed by atoms with E-state index < -0.39 is 42.1 Å². The van der Waals surface area contributed by atoms with Gasteiger partial charge in [-0.05, 0) is 19.7 Å². The normalized spacial score (nSPS) is 18.8. The van der Waals surface area contributed by atoms with Crippen LogP contribution in [-0.4, -0.2) is 39.0 Å². The molecular weight excluding hydrogens is 392 g/mol. The van der Waals surface area contributed by atoms with Gasteiger partial charge in [0, 0.05) is 24.4 Å². The Bertz CT molecular complexity index is 936. The molecule has 1 fully saturated rings. The van der Waals surface area contributed by atoms with Crippen LogP contribution in [0.25, 0.3) is 11.9 Å². The number of hydrogen-bond acceptors (Lipinski definition) is 5. The number of pyridine rings is 1. The fraction of sp³-hybridized carbons (Fsp3) is 0.375. The molecule has 2 aromatic heterocycles. The maximum absolute atomic E-state index is 14.2. The van der Waals surface area contributed by atoms with Gasteiger partial charge in [-0.25, -0.2) is 18.2 Å². The summed E-state index contributed by atoms with van der Waals surface area (Å²) in [4.78, 5) is 7.28. The molecule has 0 aliphatic heterocycles. The summed E-state index contributed by atoms with van der Waals surface area (Å²) in [5, 5.41) is 6.44. The highest BCUT2D eigenvalue weighted by Crippen LogP contribution is 2.48. The van der Waals surface area contributed by atoms with Crippen LogP contribution in [0.4, 0.5) is 26.3 Å². The predicted octanol–water partition coefficient (Wildman–Crippen LogP) is 3.83. The van der Waals surface area contributed by atoms with Crippen molar-refractivity contribution in [3.05, 3.63) is 35.3 Å². The Labute approximate surface area is 154 Å². The minimum absolute atomic E-state index is 0.00201. The molecule has 1 aliphatic rings. The highest BCUT2D eigenvalue weighted by Gasteiger charge is 2.57. The summed E-state index contributed by atoms with van der Waals surface area (Å²) < 4.78 is 84.4. The molecule has 12 heteroatoms. The average Bonchev–Trinajstić information content (AvgIpc) is 3.03. The zero-order valence-corrected chi connectivity index (χ0v) is 14.3. The van der Waals surface area contributed by atoms with Gasteiger partial charge < -0.3 is 4.74 Å². The summed E-state index contributed by atoms with van der Waals surface area (Å²) in [7, 11) is 0. The molecule has 0 amide bonds. The number of aromatic nitrogens is 4. The highest BCUT2D eigenvalue weighted by molar-refractivity contribution is 5.77. The van der Waals surface area contributed by atoms with Crippen molar-refractivity contribution in [2.45, 2.75) is 25.4 Å². The first kappa shape index (κ1) is 19.8. The molecule has 0 saturated heterocycles. The Balaban J connectivity index is 1.85. The van der Waals surface area contributed by atoms with Crippen molar-refractivity contribution in [1.82, 2.24) is 19.7 Å². The maximum atomic E-state index is 14.2. The minimum atomic E-state index is -4.77. The van der Waals surface area contributed by atoms with Crippen LogP contribution >= 0.6 is 0 Å². The molecule has 0 N–H and O–H groups in total. The molecule has 28 heavy (non-hydrogen) atoms. The van der Waals surface area contributed by atoms with Crippen LogP contribution in [0.15, 0.2) is 17.3 Å². The summed E-state index contributed by atoms with van der Waals surface area (Å²) in [5.41, 5.74) is -0.141. The first-order valence-corrected chi connectivity index (χ1v) is 7.86. The second kappa shape index (κ2) is 6.91. The summed E-state index contributed by atoms with van der Waals surface area (Å²) in [6.07, 6.45) is -3.08. The fourth-order valence-electron chi connectivity index (χ4n) is 2.35. The third-order valence-corrected chi connectivity index (χ3v) is 4.02. The van der Waals surface area contributed by atoms with Crippen molar-refractivity contribution in [2.75, 3.05) is 6.61 Å². The van der Waals surface area contributed by atoms with Gasteiger partial charge in [0.05, 0.1) is 18.2 Å². The predicted molar refractivity (Wildman–Crippen MR) is 86.2 cm³/mol. The lowest BCUT2D eigenvalue weighted by atomic mass is 10.2. The minimum Gasteiger partial charge on any atom is -0.475 e. The van der Waals surface area contributed by atoms with E-state index >= 15 is 0 Å². The van der Waals surface area contributed by atoms with Gasteiger partial charge in [-0.3, -0.25) is 9.56 Å². The zero-order chi connectivity index (χ0) is 20.7. The molecule has 0 radical (unpaired) electrons. The number of hydrogen-bond donors (Lipinski definition) is 0. The molecule has 2 heterocycles.